The van der Waals surface area contributed by atoms with E-state index in [1.165, 1.54) is 4.68 Å². The molecule has 0 aliphatic rings. The first-order valence-electron chi connectivity index (χ1n) is 9.02. The van der Waals surface area contributed by atoms with Crippen molar-refractivity contribution in [2.24, 2.45) is 7.05 Å². The summed E-state index contributed by atoms with van der Waals surface area (Å²) in [4.78, 5) is 24.8. The standard InChI is InChI=1S/C20H20ClN5O4/c1-11-13(3)26(9-14-6-5-7-29-14)19(15(11)8-22)23-16(27)10-30-20(28)17-12(2)24-25(4)18(17)21/h5-7H,9-10H2,1-4H3,(H,23,27). The first kappa shape index (κ1) is 21.2. The number of rotatable bonds is 6. The van der Waals surface area contributed by atoms with Gasteiger partial charge in [-0.25, -0.2) is 4.79 Å². The van der Waals surface area contributed by atoms with E-state index in [0.29, 0.717) is 29.4 Å². The normalized spacial score (nSPS) is 10.7. The van der Waals surface area contributed by atoms with Gasteiger partial charge in [-0.05, 0) is 38.5 Å². The minimum absolute atomic E-state index is 0.109. The molecule has 0 saturated heterocycles. The Morgan fingerprint density at radius 2 is 2.10 bits per heavy atom. The van der Waals surface area contributed by atoms with Gasteiger partial charge in [-0.2, -0.15) is 10.4 Å². The van der Waals surface area contributed by atoms with E-state index in [1.54, 1.807) is 43.9 Å². The number of nitrogens with zero attached hydrogens (tertiary/aromatic N) is 4. The molecular weight excluding hydrogens is 410 g/mol. The second kappa shape index (κ2) is 8.47. The van der Waals surface area contributed by atoms with Crippen LogP contribution in [0.2, 0.25) is 5.15 Å². The van der Waals surface area contributed by atoms with Crippen LogP contribution in [0.5, 0.6) is 0 Å². The zero-order valence-corrected chi connectivity index (χ0v) is 17.7. The van der Waals surface area contributed by atoms with E-state index >= 15 is 0 Å². The maximum absolute atomic E-state index is 12.5. The van der Waals surface area contributed by atoms with E-state index in [9.17, 15) is 14.9 Å². The highest BCUT2D eigenvalue weighted by molar-refractivity contribution is 6.32. The van der Waals surface area contributed by atoms with Gasteiger partial charge in [0.05, 0.1) is 24.1 Å². The molecule has 1 N–H and O–H groups in total. The quantitative estimate of drug-likeness (QED) is 0.602. The van der Waals surface area contributed by atoms with Crippen molar-refractivity contribution in [1.29, 1.82) is 5.26 Å². The number of hydrogen-bond acceptors (Lipinski definition) is 6. The Morgan fingerprint density at radius 3 is 2.67 bits per heavy atom. The molecule has 0 fully saturated rings. The number of hydrogen-bond donors (Lipinski definition) is 1. The first-order valence-corrected chi connectivity index (χ1v) is 9.40. The van der Waals surface area contributed by atoms with E-state index < -0.39 is 18.5 Å². The van der Waals surface area contributed by atoms with Gasteiger partial charge in [-0.15, -0.1) is 0 Å². The highest BCUT2D eigenvalue weighted by Crippen LogP contribution is 2.27. The lowest BCUT2D eigenvalue weighted by atomic mass is 10.2. The molecule has 0 spiro atoms. The molecule has 9 nitrogen and oxygen atoms in total. The number of esters is 1. The monoisotopic (exact) mass is 429 g/mol. The van der Waals surface area contributed by atoms with Gasteiger partial charge in [0.25, 0.3) is 5.91 Å². The fraction of sp³-hybridized carbons (Fsp3) is 0.300. The molecule has 0 bridgehead atoms. The summed E-state index contributed by atoms with van der Waals surface area (Å²) >= 11 is 6.05. The van der Waals surface area contributed by atoms with Gasteiger partial charge >= 0.3 is 5.97 Å². The molecule has 3 aromatic heterocycles. The predicted octanol–water partition coefficient (Wildman–Crippen LogP) is 3.11. The maximum atomic E-state index is 12.5. The lowest BCUT2D eigenvalue weighted by Gasteiger charge is -2.12. The van der Waals surface area contributed by atoms with Crippen molar-refractivity contribution in [1.82, 2.24) is 14.3 Å². The Kier molecular flexibility index (Phi) is 5.99. The van der Waals surface area contributed by atoms with E-state index in [1.807, 2.05) is 6.92 Å². The summed E-state index contributed by atoms with van der Waals surface area (Å²) in [5.74, 6) is -0.350. The number of carbonyl (C=O) groups is 2. The zero-order chi connectivity index (χ0) is 22.0. The number of halogens is 1. The lowest BCUT2D eigenvalue weighted by Crippen LogP contribution is -2.23. The molecule has 30 heavy (non-hydrogen) atoms. The molecule has 3 heterocycles. The summed E-state index contributed by atoms with van der Waals surface area (Å²) in [6.45, 7) is 5.06. The topological polar surface area (TPSA) is 115 Å². The molecule has 3 rings (SSSR count). The molecule has 1 amide bonds. The van der Waals surface area contributed by atoms with Crippen LogP contribution in [0.3, 0.4) is 0 Å². The minimum atomic E-state index is -0.750. The van der Waals surface area contributed by atoms with Gasteiger partial charge in [0.2, 0.25) is 0 Å². The Labute approximate surface area is 177 Å². The Balaban J connectivity index is 1.77. The number of ether oxygens (including phenoxy) is 1. The summed E-state index contributed by atoms with van der Waals surface area (Å²) in [6.07, 6.45) is 1.55. The zero-order valence-electron chi connectivity index (χ0n) is 16.9. The summed E-state index contributed by atoms with van der Waals surface area (Å²) in [5.41, 5.74) is 2.41. The highest BCUT2D eigenvalue weighted by atomic mass is 35.5. The second-order valence-electron chi connectivity index (χ2n) is 6.71. The maximum Gasteiger partial charge on any atom is 0.343 e. The van der Waals surface area contributed by atoms with Crippen molar-refractivity contribution in [2.45, 2.75) is 27.3 Å². The number of aromatic nitrogens is 3. The van der Waals surface area contributed by atoms with Crippen LogP contribution in [0.15, 0.2) is 22.8 Å². The van der Waals surface area contributed by atoms with Crippen molar-refractivity contribution in [3.8, 4) is 6.07 Å². The number of nitriles is 1. The molecule has 0 aromatic carbocycles. The van der Waals surface area contributed by atoms with E-state index in [0.717, 1.165) is 11.3 Å². The Morgan fingerprint density at radius 1 is 1.37 bits per heavy atom. The van der Waals surface area contributed by atoms with Crippen LogP contribution < -0.4 is 5.32 Å². The lowest BCUT2D eigenvalue weighted by molar-refractivity contribution is -0.119. The van der Waals surface area contributed by atoms with Crippen LogP contribution in [0.1, 0.15) is 38.6 Å². The summed E-state index contributed by atoms with van der Waals surface area (Å²) in [6, 6.07) is 5.68. The van der Waals surface area contributed by atoms with E-state index in [-0.39, 0.29) is 10.7 Å². The number of carbonyl (C=O) groups excluding carboxylic acids is 2. The third kappa shape index (κ3) is 3.95. The van der Waals surface area contributed by atoms with Crippen LogP contribution in [-0.2, 0) is 23.1 Å². The third-order valence-corrected chi connectivity index (χ3v) is 5.22. The number of nitrogens with one attached hydrogen (secondary N) is 1. The van der Waals surface area contributed by atoms with Crippen LogP contribution in [0.4, 0.5) is 5.82 Å². The average molecular weight is 430 g/mol. The van der Waals surface area contributed by atoms with Gasteiger partial charge in [-0.3, -0.25) is 9.48 Å². The fourth-order valence-corrected chi connectivity index (χ4v) is 3.37. The summed E-state index contributed by atoms with van der Waals surface area (Å²) in [5, 5.41) is 16.4. The molecule has 156 valence electrons. The van der Waals surface area contributed by atoms with Gasteiger partial charge in [0, 0.05) is 12.7 Å². The summed E-state index contributed by atoms with van der Waals surface area (Å²) in [7, 11) is 1.60. The Bertz CT molecular complexity index is 1150. The molecule has 0 atom stereocenters. The largest absolute Gasteiger partial charge is 0.467 e. The number of furan rings is 1. The SMILES string of the molecule is Cc1nn(C)c(Cl)c1C(=O)OCC(=O)Nc1c(C#N)c(C)c(C)n1Cc1ccco1. The van der Waals surface area contributed by atoms with Crippen molar-refractivity contribution in [3.05, 3.63) is 57.4 Å². The molecule has 0 saturated carbocycles. The molecule has 0 unspecified atom stereocenters. The van der Waals surface area contributed by atoms with Crippen molar-refractivity contribution in [3.63, 3.8) is 0 Å². The number of amides is 1. The van der Waals surface area contributed by atoms with E-state index in [2.05, 4.69) is 16.5 Å². The van der Waals surface area contributed by atoms with Crippen LogP contribution in [-0.4, -0.2) is 32.8 Å². The third-order valence-electron chi connectivity index (χ3n) is 4.78. The fourth-order valence-electron chi connectivity index (χ4n) is 3.12. The van der Waals surface area contributed by atoms with Gasteiger partial charge in [0.1, 0.15) is 28.4 Å². The molecule has 10 heteroatoms. The van der Waals surface area contributed by atoms with Crippen molar-refractivity contribution in [2.75, 3.05) is 11.9 Å². The first-order chi connectivity index (χ1) is 14.2. The minimum Gasteiger partial charge on any atom is -0.467 e. The van der Waals surface area contributed by atoms with Crippen LogP contribution in [0.25, 0.3) is 0 Å². The van der Waals surface area contributed by atoms with Crippen LogP contribution in [0, 0.1) is 32.1 Å². The molecule has 0 aliphatic heterocycles. The Hall–Kier alpha value is -3.51. The van der Waals surface area contributed by atoms with Crippen molar-refractivity contribution < 1.29 is 18.7 Å². The van der Waals surface area contributed by atoms with E-state index in [4.69, 9.17) is 20.8 Å². The number of anilines is 1. The van der Waals surface area contributed by atoms with Crippen molar-refractivity contribution >= 4 is 29.3 Å². The smallest absolute Gasteiger partial charge is 0.343 e. The number of aryl methyl sites for hydroxylation is 2. The van der Waals surface area contributed by atoms with Gasteiger partial charge in [0.15, 0.2) is 6.61 Å². The molecule has 0 aliphatic carbocycles. The molecule has 0 radical (unpaired) electrons. The van der Waals surface area contributed by atoms with Gasteiger partial charge < -0.3 is 19.0 Å². The average Bonchev–Trinajstić information content (AvgIpc) is 3.36. The predicted molar refractivity (Wildman–Crippen MR) is 108 cm³/mol. The van der Waals surface area contributed by atoms with Crippen LogP contribution >= 0.6 is 11.6 Å². The highest BCUT2D eigenvalue weighted by Gasteiger charge is 2.23. The molecule has 3 aromatic rings. The second-order valence-corrected chi connectivity index (χ2v) is 7.07. The summed E-state index contributed by atoms with van der Waals surface area (Å²) < 4.78 is 13.6. The van der Waals surface area contributed by atoms with Gasteiger partial charge in [-0.1, -0.05) is 11.6 Å². The molecular formula is C20H20ClN5O4.